The van der Waals surface area contributed by atoms with E-state index in [2.05, 4.69) is 39.9 Å². The van der Waals surface area contributed by atoms with Gasteiger partial charge in [-0.05, 0) is 42.5 Å². The third-order valence-corrected chi connectivity index (χ3v) is 6.78. The predicted octanol–water partition coefficient (Wildman–Crippen LogP) is 2.24. The zero-order chi connectivity index (χ0) is 17.9. The van der Waals surface area contributed by atoms with Gasteiger partial charge in [0.05, 0.1) is 6.54 Å². The van der Waals surface area contributed by atoms with Crippen LogP contribution in [0.4, 0.5) is 0 Å². The van der Waals surface area contributed by atoms with Crippen LogP contribution in [-0.4, -0.2) is 27.5 Å². The van der Waals surface area contributed by atoms with Crippen molar-refractivity contribution in [2.24, 2.45) is 10.1 Å². The number of hydrogen-bond donors (Lipinski definition) is 3. The van der Waals surface area contributed by atoms with Crippen LogP contribution in [0.25, 0.3) is 0 Å². The summed E-state index contributed by atoms with van der Waals surface area (Å²) in [6.45, 7) is 0.503. The van der Waals surface area contributed by atoms with Crippen molar-refractivity contribution < 1.29 is 8.42 Å². The number of aliphatic imine (C=N–C) groups is 1. The third-order valence-electron chi connectivity index (χ3n) is 4.26. The maximum Gasteiger partial charge on any atom is 0.247 e. The number of halogens is 1. The van der Waals surface area contributed by atoms with Crippen LogP contribution in [-0.2, 0) is 29.4 Å². The Morgan fingerprint density at radius 2 is 2.00 bits per heavy atom. The van der Waals surface area contributed by atoms with E-state index in [1.165, 1.54) is 28.5 Å². The fourth-order valence-corrected chi connectivity index (χ4v) is 4.70. The minimum atomic E-state index is -3.63. The number of sulfonamides is 1. The van der Waals surface area contributed by atoms with E-state index in [1.54, 1.807) is 13.1 Å². The van der Waals surface area contributed by atoms with Gasteiger partial charge in [0, 0.05) is 18.0 Å². The smallest absolute Gasteiger partial charge is 0.247 e. The summed E-state index contributed by atoms with van der Waals surface area (Å²) in [4.78, 5) is 5.15. The second-order valence-corrected chi connectivity index (χ2v) is 9.00. The van der Waals surface area contributed by atoms with Crippen LogP contribution >= 0.6 is 35.3 Å². The van der Waals surface area contributed by atoms with E-state index in [1.807, 2.05) is 0 Å². The highest BCUT2D eigenvalue weighted by Gasteiger charge is 2.19. The van der Waals surface area contributed by atoms with E-state index in [0.717, 1.165) is 30.1 Å². The van der Waals surface area contributed by atoms with Crippen molar-refractivity contribution in [3.63, 3.8) is 0 Å². The lowest BCUT2D eigenvalue weighted by Gasteiger charge is -2.27. The lowest BCUT2D eigenvalue weighted by molar-refractivity contribution is 0.521. The number of nitrogens with one attached hydrogen (secondary N) is 2. The van der Waals surface area contributed by atoms with Gasteiger partial charge in [0.15, 0.2) is 5.96 Å². The molecule has 9 heteroatoms. The Morgan fingerprint density at radius 3 is 2.65 bits per heavy atom. The lowest BCUT2D eigenvalue weighted by Crippen LogP contribution is -2.45. The molecule has 1 aromatic carbocycles. The Balaban J connectivity index is 0.00000243. The molecule has 0 aliphatic heterocycles. The molecule has 2 aromatic rings. The molecule has 1 aliphatic carbocycles. The third kappa shape index (κ3) is 5.41. The predicted molar refractivity (Wildman–Crippen MR) is 117 cm³/mol. The van der Waals surface area contributed by atoms with Crippen LogP contribution in [0.5, 0.6) is 0 Å². The van der Waals surface area contributed by atoms with E-state index in [-0.39, 0.29) is 28.2 Å². The fourth-order valence-electron chi connectivity index (χ4n) is 2.99. The van der Waals surface area contributed by atoms with Gasteiger partial charge in [0.25, 0.3) is 0 Å². The van der Waals surface area contributed by atoms with Gasteiger partial charge in [-0.15, -0.1) is 35.3 Å². The first-order valence-electron chi connectivity index (χ1n) is 8.11. The molecule has 26 heavy (non-hydrogen) atoms. The number of aryl methyl sites for hydroxylation is 1. The molecule has 6 nitrogen and oxygen atoms in total. The van der Waals surface area contributed by atoms with Crippen molar-refractivity contribution in [3.8, 4) is 0 Å². The van der Waals surface area contributed by atoms with E-state index < -0.39 is 10.0 Å². The molecule has 4 N–H and O–H groups in total. The summed E-state index contributed by atoms with van der Waals surface area (Å²) in [5, 5.41) is 11.8. The van der Waals surface area contributed by atoms with Crippen LogP contribution in [0.2, 0.25) is 0 Å². The minimum absolute atomic E-state index is 0. The molecule has 0 saturated carbocycles. The zero-order valence-electron chi connectivity index (χ0n) is 14.4. The van der Waals surface area contributed by atoms with Crippen LogP contribution in [0.1, 0.15) is 22.4 Å². The second-order valence-electron chi connectivity index (χ2n) is 6.04. The van der Waals surface area contributed by atoms with Gasteiger partial charge in [-0.2, -0.15) is 0 Å². The van der Waals surface area contributed by atoms with Crippen molar-refractivity contribution >= 4 is 51.3 Å². The minimum Gasteiger partial charge on any atom is -0.353 e. The molecule has 0 saturated heterocycles. The second kappa shape index (κ2) is 9.16. The Bertz CT molecular complexity index is 880. The molecule has 1 unspecified atom stereocenters. The summed E-state index contributed by atoms with van der Waals surface area (Å²) in [6.07, 6.45) is 3.10. The molecule has 1 atom stereocenters. The van der Waals surface area contributed by atoms with Crippen LogP contribution < -0.4 is 15.8 Å². The number of nitrogens with two attached hydrogens (primary N) is 1. The Labute approximate surface area is 175 Å². The monoisotopic (exact) mass is 506 g/mol. The summed E-state index contributed by atoms with van der Waals surface area (Å²) in [5.74, 6) is 0.718. The molecule has 1 aliphatic rings. The highest BCUT2D eigenvalue weighted by atomic mass is 127. The van der Waals surface area contributed by atoms with Crippen molar-refractivity contribution in [1.29, 1.82) is 0 Å². The first-order valence-corrected chi connectivity index (χ1v) is 10.5. The largest absolute Gasteiger partial charge is 0.353 e. The van der Waals surface area contributed by atoms with E-state index in [4.69, 9.17) is 5.14 Å². The highest BCUT2D eigenvalue weighted by molar-refractivity contribution is 14.0. The SMILES string of the molecule is CN=C(NCc1ccc(S(N)(=O)=O)s1)NC1CCc2ccccc2C1.I. The van der Waals surface area contributed by atoms with Crippen molar-refractivity contribution in [2.75, 3.05) is 7.05 Å². The number of benzene rings is 1. The van der Waals surface area contributed by atoms with E-state index >= 15 is 0 Å². The van der Waals surface area contributed by atoms with Crippen molar-refractivity contribution in [2.45, 2.75) is 36.1 Å². The first kappa shape index (κ1) is 21.1. The Morgan fingerprint density at radius 1 is 1.27 bits per heavy atom. The summed E-state index contributed by atoms with van der Waals surface area (Å²) in [5.41, 5.74) is 2.82. The number of nitrogens with zero attached hydrogens (tertiary/aromatic N) is 1. The molecule has 1 aromatic heterocycles. The van der Waals surface area contributed by atoms with Gasteiger partial charge < -0.3 is 10.6 Å². The average molecular weight is 506 g/mol. The van der Waals surface area contributed by atoms with Gasteiger partial charge >= 0.3 is 0 Å². The van der Waals surface area contributed by atoms with Crippen molar-refractivity contribution in [3.05, 3.63) is 52.4 Å². The quantitative estimate of drug-likeness (QED) is 0.337. The van der Waals surface area contributed by atoms with E-state index in [0.29, 0.717) is 12.6 Å². The molecule has 0 radical (unpaired) electrons. The normalized spacial score (nSPS) is 17.2. The Hall–Kier alpha value is -1.17. The molecular weight excluding hydrogens is 483 g/mol. The summed E-state index contributed by atoms with van der Waals surface area (Å²) >= 11 is 1.17. The molecule has 0 fully saturated rings. The standard InChI is InChI=1S/C17H22N4O2S2.HI/c1-19-17(20-11-15-8-9-16(24-15)25(18,22)23)21-14-7-6-12-4-2-3-5-13(12)10-14;/h2-5,8-9,14H,6-7,10-11H2,1H3,(H2,18,22,23)(H2,19,20,21);1H. The number of guanidine groups is 1. The number of hydrogen-bond acceptors (Lipinski definition) is 4. The van der Waals surface area contributed by atoms with Gasteiger partial charge in [0.1, 0.15) is 4.21 Å². The van der Waals surface area contributed by atoms with Gasteiger partial charge in [-0.25, -0.2) is 13.6 Å². The van der Waals surface area contributed by atoms with Crippen LogP contribution in [0.3, 0.4) is 0 Å². The van der Waals surface area contributed by atoms with Crippen molar-refractivity contribution in [1.82, 2.24) is 10.6 Å². The molecule has 1 heterocycles. The number of rotatable bonds is 4. The number of primary sulfonamides is 1. The number of thiophene rings is 1. The summed E-state index contributed by atoms with van der Waals surface area (Å²) < 4.78 is 22.8. The van der Waals surface area contributed by atoms with Gasteiger partial charge in [0.2, 0.25) is 10.0 Å². The van der Waals surface area contributed by atoms with Crippen LogP contribution in [0.15, 0.2) is 45.6 Å². The summed E-state index contributed by atoms with van der Waals surface area (Å²) in [6, 6.07) is 12.2. The fraction of sp³-hybridized carbons (Fsp3) is 0.353. The van der Waals surface area contributed by atoms with Gasteiger partial charge in [-0.3, -0.25) is 4.99 Å². The molecular formula is C17H23IN4O2S2. The Kier molecular flexibility index (Phi) is 7.44. The molecule has 3 rings (SSSR count). The first-order chi connectivity index (χ1) is 12.0. The summed E-state index contributed by atoms with van der Waals surface area (Å²) in [7, 11) is -1.90. The molecule has 0 spiro atoms. The lowest BCUT2D eigenvalue weighted by atomic mass is 9.88. The van der Waals surface area contributed by atoms with Crippen LogP contribution in [0, 0.1) is 0 Å². The number of fused-ring (bicyclic) bond motifs is 1. The maximum atomic E-state index is 11.3. The molecule has 0 amide bonds. The highest BCUT2D eigenvalue weighted by Crippen LogP contribution is 2.21. The molecule has 142 valence electrons. The average Bonchev–Trinajstić information content (AvgIpc) is 3.08. The molecule has 0 bridgehead atoms. The van der Waals surface area contributed by atoms with Gasteiger partial charge in [-0.1, -0.05) is 24.3 Å². The van der Waals surface area contributed by atoms with E-state index in [9.17, 15) is 8.42 Å². The maximum absolute atomic E-state index is 11.3. The zero-order valence-corrected chi connectivity index (χ0v) is 18.4. The topological polar surface area (TPSA) is 96.6 Å².